The van der Waals surface area contributed by atoms with Gasteiger partial charge in [-0.05, 0) is 24.5 Å². The lowest BCUT2D eigenvalue weighted by Crippen LogP contribution is -2.38. The van der Waals surface area contributed by atoms with Crippen LogP contribution in [0.5, 0.6) is 5.75 Å². The highest BCUT2D eigenvalue weighted by Crippen LogP contribution is 2.36. The first-order valence-electron chi connectivity index (χ1n) is 7.33. The average molecular weight is 276 g/mol. The van der Waals surface area contributed by atoms with Crippen molar-refractivity contribution in [2.75, 3.05) is 25.1 Å². The van der Waals surface area contributed by atoms with Crippen LogP contribution in [0.25, 0.3) is 0 Å². The number of benzene rings is 1. The molecule has 4 nitrogen and oxygen atoms in total. The van der Waals surface area contributed by atoms with Crippen molar-refractivity contribution in [3.63, 3.8) is 0 Å². The molecule has 4 heteroatoms. The maximum atomic E-state index is 12.4. The molecular weight excluding hydrogens is 252 g/mol. The molecule has 0 spiro atoms. The number of rotatable bonds is 5. The first kappa shape index (κ1) is 14.9. The summed E-state index contributed by atoms with van der Waals surface area (Å²) < 4.78 is 5.43. The molecule has 1 aromatic carbocycles. The summed E-state index contributed by atoms with van der Waals surface area (Å²) in [5, 5.41) is 3.29. The predicted octanol–water partition coefficient (Wildman–Crippen LogP) is 2.36. The van der Waals surface area contributed by atoms with Crippen LogP contribution in [0.2, 0.25) is 0 Å². The second-order valence-electron chi connectivity index (χ2n) is 5.48. The minimum absolute atomic E-state index is 0.170. The molecule has 2 rings (SSSR count). The average Bonchev–Trinajstić information content (AvgIpc) is 2.45. The van der Waals surface area contributed by atoms with Crippen molar-refractivity contribution in [1.29, 1.82) is 0 Å². The number of anilines is 1. The number of hydrogen-bond acceptors (Lipinski definition) is 3. The van der Waals surface area contributed by atoms with Crippen LogP contribution in [0, 0.1) is 0 Å². The lowest BCUT2D eigenvalue weighted by Gasteiger charge is -2.31. The third-order valence-electron chi connectivity index (χ3n) is 3.59. The Morgan fingerprint density at radius 3 is 2.95 bits per heavy atom. The van der Waals surface area contributed by atoms with Gasteiger partial charge in [-0.3, -0.25) is 4.79 Å². The number of aryl methyl sites for hydroxylation is 1. The standard InChI is InChI=1S/C16H24N2O2/c1-12(2)17-10-9-15(19)18-11-5-7-13-6-4-8-14(20-3)16(13)18/h4,6,8,12,17H,5,7,9-11H2,1-3H3. The fraction of sp³-hybridized carbons (Fsp3) is 0.562. The summed E-state index contributed by atoms with van der Waals surface area (Å²) in [5.41, 5.74) is 2.18. The summed E-state index contributed by atoms with van der Waals surface area (Å²) in [7, 11) is 1.66. The largest absolute Gasteiger partial charge is 0.495 e. The zero-order chi connectivity index (χ0) is 14.5. The first-order valence-corrected chi connectivity index (χ1v) is 7.33. The smallest absolute Gasteiger partial charge is 0.228 e. The van der Waals surface area contributed by atoms with Crippen LogP contribution in [0.1, 0.15) is 32.3 Å². The monoisotopic (exact) mass is 276 g/mol. The van der Waals surface area contributed by atoms with Gasteiger partial charge in [-0.15, -0.1) is 0 Å². The molecule has 0 bridgehead atoms. The highest BCUT2D eigenvalue weighted by Gasteiger charge is 2.25. The van der Waals surface area contributed by atoms with Gasteiger partial charge in [0.05, 0.1) is 12.8 Å². The Balaban J connectivity index is 2.13. The number of nitrogens with one attached hydrogen (secondary N) is 1. The van der Waals surface area contributed by atoms with E-state index in [1.807, 2.05) is 17.0 Å². The molecule has 1 heterocycles. The Morgan fingerprint density at radius 2 is 2.25 bits per heavy atom. The normalized spacial score (nSPS) is 14.3. The number of carbonyl (C=O) groups excluding carboxylic acids is 1. The van der Waals surface area contributed by atoms with E-state index >= 15 is 0 Å². The summed E-state index contributed by atoms with van der Waals surface area (Å²) in [6.07, 6.45) is 2.56. The molecule has 0 unspecified atom stereocenters. The number of amides is 1. The number of ether oxygens (including phenoxy) is 1. The SMILES string of the molecule is COc1cccc2c1N(C(=O)CCNC(C)C)CCC2. The highest BCUT2D eigenvalue weighted by atomic mass is 16.5. The van der Waals surface area contributed by atoms with Gasteiger partial charge in [0.25, 0.3) is 0 Å². The van der Waals surface area contributed by atoms with E-state index in [1.54, 1.807) is 7.11 Å². The summed E-state index contributed by atoms with van der Waals surface area (Å²) in [6, 6.07) is 6.41. The van der Waals surface area contributed by atoms with Crippen molar-refractivity contribution in [1.82, 2.24) is 5.32 Å². The number of carbonyl (C=O) groups is 1. The van der Waals surface area contributed by atoms with E-state index in [0.717, 1.165) is 37.4 Å². The molecule has 1 N–H and O–H groups in total. The lowest BCUT2D eigenvalue weighted by atomic mass is 10.0. The maximum Gasteiger partial charge on any atom is 0.228 e. The van der Waals surface area contributed by atoms with Crippen molar-refractivity contribution >= 4 is 11.6 Å². The van der Waals surface area contributed by atoms with Gasteiger partial charge < -0.3 is 15.0 Å². The Morgan fingerprint density at radius 1 is 1.45 bits per heavy atom. The van der Waals surface area contributed by atoms with Gasteiger partial charge in [0.2, 0.25) is 5.91 Å². The van der Waals surface area contributed by atoms with Crippen molar-refractivity contribution in [3.8, 4) is 5.75 Å². The van der Waals surface area contributed by atoms with Crippen molar-refractivity contribution in [2.45, 2.75) is 39.2 Å². The Labute approximate surface area is 121 Å². The van der Waals surface area contributed by atoms with Crippen LogP contribution in [-0.4, -0.2) is 32.1 Å². The minimum Gasteiger partial charge on any atom is -0.495 e. The second kappa shape index (κ2) is 6.75. The van der Waals surface area contributed by atoms with E-state index in [9.17, 15) is 4.79 Å². The van der Waals surface area contributed by atoms with E-state index in [0.29, 0.717) is 12.5 Å². The van der Waals surface area contributed by atoms with Gasteiger partial charge in [-0.25, -0.2) is 0 Å². The molecule has 110 valence electrons. The van der Waals surface area contributed by atoms with E-state index in [2.05, 4.69) is 25.2 Å². The maximum absolute atomic E-state index is 12.4. The molecule has 1 amide bonds. The molecule has 0 aliphatic carbocycles. The van der Waals surface area contributed by atoms with Crippen molar-refractivity contribution < 1.29 is 9.53 Å². The summed E-state index contributed by atoms with van der Waals surface area (Å²) in [4.78, 5) is 14.3. The molecule has 1 aliphatic heterocycles. The van der Waals surface area contributed by atoms with E-state index in [4.69, 9.17) is 4.74 Å². The number of methoxy groups -OCH3 is 1. The van der Waals surface area contributed by atoms with E-state index < -0.39 is 0 Å². The highest BCUT2D eigenvalue weighted by molar-refractivity contribution is 5.96. The molecule has 0 radical (unpaired) electrons. The quantitative estimate of drug-likeness (QED) is 0.897. The van der Waals surface area contributed by atoms with Crippen LogP contribution >= 0.6 is 0 Å². The third-order valence-corrected chi connectivity index (χ3v) is 3.59. The Hall–Kier alpha value is -1.55. The molecule has 1 aliphatic rings. The molecule has 1 aromatic rings. The van der Waals surface area contributed by atoms with Crippen LogP contribution in [0.3, 0.4) is 0 Å². The van der Waals surface area contributed by atoms with Crippen LogP contribution in [0.4, 0.5) is 5.69 Å². The topological polar surface area (TPSA) is 41.6 Å². The molecule has 0 saturated carbocycles. The van der Waals surface area contributed by atoms with Gasteiger partial charge in [0.1, 0.15) is 5.75 Å². The third kappa shape index (κ3) is 3.31. The Kier molecular flexibility index (Phi) is 5.01. The predicted molar refractivity (Wildman–Crippen MR) is 81.4 cm³/mol. The first-order chi connectivity index (χ1) is 9.63. The minimum atomic E-state index is 0.170. The molecule has 0 aromatic heterocycles. The molecule has 0 saturated heterocycles. The lowest BCUT2D eigenvalue weighted by molar-refractivity contribution is -0.118. The van der Waals surface area contributed by atoms with Gasteiger partial charge in [-0.1, -0.05) is 26.0 Å². The molecular formula is C16H24N2O2. The van der Waals surface area contributed by atoms with Crippen molar-refractivity contribution in [3.05, 3.63) is 23.8 Å². The summed E-state index contributed by atoms with van der Waals surface area (Å²) in [5.74, 6) is 0.968. The van der Waals surface area contributed by atoms with E-state index in [1.165, 1.54) is 5.56 Å². The molecule has 20 heavy (non-hydrogen) atoms. The van der Waals surface area contributed by atoms with Gasteiger partial charge in [0, 0.05) is 25.6 Å². The fourth-order valence-electron chi connectivity index (χ4n) is 2.63. The number of nitrogens with zero attached hydrogens (tertiary/aromatic N) is 1. The van der Waals surface area contributed by atoms with Gasteiger partial charge in [-0.2, -0.15) is 0 Å². The van der Waals surface area contributed by atoms with Gasteiger partial charge >= 0.3 is 0 Å². The number of para-hydroxylation sites is 1. The Bertz CT molecular complexity index is 457. The molecule has 0 atom stereocenters. The second-order valence-corrected chi connectivity index (χ2v) is 5.48. The van der Waals surface area contributed by atoms with Crippen LogP contribution in [-0.2, 0) is 11.2 Å². The van der Waals surface area contributed by atoms with E-state index in [-0.39, 0.29) is 5.91 Å². The summed E-state index contributed by atoms with van der Waals surface area (Å²) in [6.45, 7) is 5.68. The zero-order valence-corrected chi connectivity index (χ0v) is 12.6. The summed E-state index contributed by atoms with van der Waals surface area (Å²) >= 11 is 0. The molecule has 0 fully saturated rings. The van der Waals surface area contributed by atoms with Crippen LogP contribution < -0.4 is 15.0 Å². The zero-order valence-electron chi connectivity index (χ0n) is 12.6. The fourth-order valence-corrected chi connectivity index (χ4v) is 2.63. The number of hydrogen-bond donors (Lipinski definition) is 1. The van der Waals surface area contributed by atoms with Crippen LogP contribution in [0.15, 0.2) is 18.2 Å². The number of fused-ring (bicyclic) bond motifs is 1. The van der Waals surface area contributed by atoms with Crippen molar-refractivity contribution in [2.24, 2.45) is 0 Å². The van der Waals surface area contributed by atoms with Gasteiger partial charge in [0.15, 0.2) is 0 Å².